The first-order valence-electron chi connectivity index (χ1n) is 6.13. The van der Waals surface area contributed by atoms with E-state index in [9.17, 15) is 4.79 Å². The van der Waals surface area contributed by atoms with Crippen molar-refractivity contribution >= 4 is 11.6 Å². The molecule has 0 aliphatic rings. The van der Waals surface area contributed by atoms with Gasteiger partial charge >= 0.3 is 0 Å². The standard InChI is InChI=1S/C14H18N4O/c1-14(2,15)10-13(19)17-11-6-3-4-7-12(11)18-9-5-8-16-18/h3-9H,10,15H2,1-2H3,(H,17,19). The Morgan fingerprint density at radius 3 is 2.74 bits per heavy atom. The summed E-state index contributed by atoms with van der Waals surface area (Å²) in [6, 6.07) is 9.35. The number of carbonyl (C=O) groups is 1. The molecule has 0 saturated carbocycles. The van der Waals surface area contributed by atoms with Crippen LogP contribution in [0.2, 0.25) is 0 Å². The van der Waals surface area contributed by atoms with Gasteiger partial charge in [-0.05, 0) is 32.0 Å². The third-order valence-electron chi connectivity index (χ3n) is 2.55. The number of benzene rings is 1. The third-order valence-corrected chi connectivity index (χ3v) is 2.55. The van der Waals surface area contributed by atoms with Crippen LogP contribution in [0.25, 0.3) is 5.69 Å². The molecular formula is C14H18N4O. The summed E-state index contributed by atoms with van der Waals surface area (Å²) in [5, 5.41) is 7.05. The first-order valence-corrected chi connectivity index (χ1v) is 6.13. The summed E-state index contributed by atoms with van der Waals surface area (Å²) in [6.07, 6.45) is 3.79. The molecule has 0 bridgehead atoms. The van der Waals surface area contributed by atoms with Crippen molar-refractivity contribution in [1.29, 1.82) is 0 Å². The monoisotopic (exact) mass is 258 g/mol. The van der Waals surface area contributed by atoms with E-state index in [4.69, 9.17) is 5.73 Å². The summed E-state index contributed by atoms with van der Waals surface area (Å²) in [5.41, 5.74) is 6.87. The quantitative estimate of drug-likeness (QED) is 0.880. The van der Waals surface area contributed by atoms with Crippen molar-refractivity contribution in [2.45, 2.75) is 25.8 Å². The van der Waals surface area contributed by atoms with Crippen LogP contribution in [0.4, 0.5) is 5.69 Å². The van der Waals surface area contributed by atoms with Gasteiger partial charge in [0.2, 0.25) is 5.91 Å². The van der Waals surface area contributed by atoms with Gasteiger partial charge in [0.1, 0.15) is 0 Å². The Kier molecular flexibility index (Phi) is 3.66. The molecule has 5 heteroatoms. The highest BCUT2D eigenvalue weighted by atomic mass is 16.1. The molecule has 0 spiro atoms. The summed E-state index contributed by atoms with van der Waals surface area (Å²) in [6.45, 7) is 3.65. The maximum Gasteiger partial charge on any atom is 0.226 e. The molecule has 0 saturated heterocycles. The van der Waals surface area contributed by atoms with Crippen LogP contribution < -0.4 is 11.1 Å². The second-order valence-electron chi connectivity index (χ2n) is 5.18. The van der Waals surface area contributed by atoms with E-state index in [-0.39, 0.29) is 12.3 Å². The second-order valence-corrected chi connectivity index (χ2v) is 5.18. The van der Waals surface area contributed by atoms with Gasteiger partial charge in [0, 0.05) is 24.4 Å². The molecule has 0 aliphatic heterocycles. The molecule has 3 N–H and O–H groups in total. The maximum atomic E-state index is 11.9. The van der Waals surface area contributed by atoms with E-state index in [0.29, 0.717) is 0 Å². The van der Waals surface area contributed by atoms with Gasteiger partial charge in [0.25, 0.3) is 0 Å². The number of nitrogens with two attached hydrogens (primary N) is 1. The van der Waals surface area contributed by atoms with Crippen molar-refractivity contribution in [3.63, 3.8) is 0 Å². The Hall–Kier alpha value is -2.14. The highest BCUT2D eigenvalue weighted by Gasteiger charge is 2.17. The van der Waals surface area contributed by atoms with E-state index in [1.54, 1.807) is 10.9 Å². The number of amides is 1. The van der Waals surface area contributed by atoms with Crippen LogP contribution in [0.5, 0.6) is 0 Å². The molecule has 0 fully saturated rings. The molecular weight excluding hydrogens is 240 g/mol. The molecule has 19 heavy (non-hydrogen) atoms. The Morgan fingerprint density at radius 1 is 1.37 bits per heavy atom. The average molecular weight is 258 g/mol. The lowest BCUT2D eigenvalue weighted by atomic mass is 10.0. The van der Waals surface area contributed by atoms with E-state index >= 15 is 0 Å². The van der Waals surface area contributed by atoms with Crippen LogP contribution in [0.3, 0.4) is 0 Å². The molecule has 2 aromatic rings. The summed E-state index contributed by atoms with van der Waals surface area (Å²) in [7, 11) is 0. The minimum Gasteiger partial charge on any atom is -0.325 e. The van der Waals surface area contributed by atoms with Crippen molar-refractivity contribution in [2.24, 2.45) is 5.73 Å². The fourth-order valence-electron chi connectivity index (χ4n) is 1.80. The average Bonchev–Trinajstić information content (AvgIpc) is 2.80. The minimum absolute atomic E-state index is 0.105. The van der Waals surface area contributed by atoms with Crippen LogP contribution >= 0.6 is 0 Å². The van der Waals surface area contributed by atoms with Gasteiger partial charge in [-0.1, -0.05) is 12.1 Å². The van der Waals surface area contributed by atoms with Gasteiger partial charge in [-0.2, -0.15) is 5.10 Å². The number of hydrogen-bond donors (Lipinski definition) is 2. The first-order chi connectivity index (χ1) is 8.96. The van der Waals surface area contributed by atoms with Gasteiger partial charge in [0.15, 0.2) is 0 Å². The van der Waals surface area contributed by atoms with Crippen molar-refractivity contribution in [1.82, 2.24) is 9.78 Å². The highest BCUT2D eigenvalue weighted by Crippen LogP contribution is 2.19. The van der Waals surface area contributed by atoms with Crippen LogP contribution in [0.1, 0.15) is 20.3 Å². The predicted octanol–water partition coefficient (Wildman–Crippen LogP) is 1.94. The Labute approximate surface area is 112 Å². The summed E-state index contributed by atoms with van der Waals surface area (Å²) >= 11 is 0. The summed E-state index contributed by atoms with van der Waals surface area (Å²) in [5.74, 6) is -0.105. The van der Waals surface area contributed by atoms with E-state index in [1.807, 2.05) is 50.4 Å². The summed E-state index contributed by atoms with van der Waals surface area (Å²) in [4.78, 5) is 11.9. The van der Waals surface area contributed by atoms with Crippen molar-refractivity contribution in [3.8, 4) is 5.69 Å². The molecule has 5 nitrogen and oxygen atoms in total. The van der Waals surface area contributed by atoms with Crippen LogP contribution in [0, 0.1) is 0 Å². The fraction of sp³-hybridized carbons (Fsp3) is 0.286. The number of anilines is 1. The maximum absolute atomic E-state index is 11.9. The number of rotatable bonds is 4. The number of nitrogens with one attached hydrogen (secondary N) is 1. The molecule has 1 aromatic carbocycles. The smallest absolute Gasteiger partial charge is 0.226 e. The number of nitrogens with zero attached hydrogens (tertiary/aromatic N) is 2. The molecule has 0 aliphatic carbocycles. The number of aromatic nitrogens is 2. The van der Waals surface area contributed by atoms with Gasteiger partial charge in [-0.3, -0.25) is 4.79 Å². The first kappa shape index (κ1) is 13.3. The molecule has 0 atom stereocenters. The van der Waals surface area contributed by atoms with Crippen LogP contribution in [0.15, 0.2) is 42.7 Å². The van der Waals surface area contributed by atoms with Crippen LogP contribution in [-0.2, 0) is 4.79 Å². The lowest BCUT2D eigenvalue weighted by molar-refractivity contribution is -0.117. The summed E-state index contributed by atoms with van der Waals surface area (Å²) < 4.78 is 1.71. The van der Waals surface area contributed by atoms with E-state index < -0.39 is 5.54 Å². The number of carbonyl (C=O) groups excluding carboxylic acids is 1. The molecule has 100 valence electrons. The van der Waals surface area contributed by atoms with Crippen molar-refractivity contribution in [2.75, 3.05) is 5.32 Å². The molecule has 1 aromatic heterocycles. The van der Waals surface area contributed by atoms with Crippen LogP contribution in [-0.4, -0.2) is 21.2 Å². The zero-order valence-corrected chi connectivity index (χ0v) is 11.1. The largest absolute Gasteiger partial charge is 0.325 e. The molecule has 1 amide bonds. The predicted molar refractivity (Wildman–Crippen MR) is 75.1 cm³/mol. The topological polar surface area (TPSA) is 72.9 Å². The van der Waals surface area contributed by atoms with E-state index in [2.05, 4.69) is 10.4 Å². The van der Waals surface area contributed by atoms with E-state index in [0.717, 1.165) is 11.4 Å². The molecule has 1 heterocycles. The normalized spacial score (nSPS) is 11.3. The van der Waals surface area contributed by atoms with Crippen molar-refractivity contribution in [3.05, 3.63) is 42.7 Å². The minimum atomic E-state index is -0.523. The van der Waals surface area contributed by atoms with E-state index in [1.165, 1.54) is 0 Å². The molecule has 2 rings (SSSR count). The SMILES string of the molecule is CC(C)(N)CC(=O)Nc1ccccc1-n1cccn1. The second kappa shape index (κ2) is 5.24. The number of hydrogen-bond acceptors (Lipinski definition) is 3. The van der Waals surface area contributed by atoms with Gasteiger partial charge in [-0.25, -0.2) is 4.68 Å². The van der Waals surface area contributed by atoms with Gasteiger partial charge in [0.05, 0.1) is 11.4 Å². The Morgan fingerprint density at radius 2 is 2.11 bits per heavy atom. The molecule has 0 unspecified atom stereocenters. The number of para-hydroxylation sites is 2. The lowest BCUT2D eigenvalue weighted by Gasteiger charge is -2.18. The fourth-order valence-corrected chi connectivity index (χ4v) is 1.80. The molecule has 0 radical (unpaired) electrons. The lowest BCUT2D eigenvalue weighted by Crippen LogP contribution is -2.36. The Balaban J connectivity index is 2.20. The third kappa shape index (κ3) is 3.66. The van der Waals surface area contributed by atoms with Gasteiger partial charge < -0.3 is 11.1 Å². The van der Waals surface area contributed by atoms with Crippen molar-refractivity contribution < 1.29 is 4.79 Å². The zero-order chi connectivity index (χ0) is 13.9. The Bertz CT molecular complexity index is 555. The van der Waals surface area contributed by atoms with Gasteiger partial charge in [-0.15, -0.1) is 0 Å². The highest BCUT2D eigenvalue weighted by molar-refractivity contribution is 5.93. The zero-order valence-electron chi connectivity index (χ0n) is 11.1.